The molecule has 0 fully saturated rings. The van der Waals surface area contributed by atoms with Crippen molar-refractivity contribution < 1.29 is 9.53 Å². The van der Waals surface area contributed by atoms with Gasteiger partial charge in [0.25, 0.3) is 0 Å². The molecule has 0 bridgehead atoms. The molecule has 1 aliphatic heterocycles. The lowest BCUT2D eigenvalue weighted by Gasteiger charge is -2.17. The second-order valence-corrected chi connectivity index (χ2v) is 5.82. The summed E-state index contributed by atoms with van der Waals surface area (Å²) in [6.45, 7) is 0. The highest BCUT2D eigenvalue weighted by atomic mass is 35.5. The van der Waals surface area contributed by atoms with E-state index < -0.39 is 6.04 Å². The summed E-state index contributed by atoms with van der Waals surface area (Å²) >= 11 is 6.07. The minimum Gasteiger partial charge on any atom is -0.495 e. The van der Waals surface area contributed by atoms with Crippen LogP contribution in [0.4, 0.5) is 5.69 Å². The molecule has 0 saturated carbocycles. The van der Waals surface area contributed by atoms with Crippen LogP contribution in [0.2, 0.25) is 5.02 Å². The Morgan fingerprint density at radius 3 is 3.04 bits per heavy atom. The molecule has 0 spiro atoms. The molecule has 0 radical (unpaired) electrons. The first kappa shape index (κ1) is 15.6. The molecule has 0 saturated heterocycles. The van der Waals surface area contributed by atoms with Crippen LogP contribution >= 0.6 is 11.6 Å². The number of aromatic amines is 1. The van der Waals surface area contributed by atoms with E-state index in [0.29, 0.717) is 35.1 Å². The number of halogens is 1. The summed E-state index contributed by atoms with van der Waals surface area (Å²) in [5.74, 6) is 0.908. The molecule has 1 aliphatic rings. The zero-order valence-corrected chi connectivity index (χ0v) is 13.4. The zero-order chi connectivity index (χ0) is 16.4. The monoisotopic (exact) mass is 336 g/mol. The number of rotatable bonds is 3. The Morgan fingerprint density at radius 1 is 1.48 bits per heavy atom. The SMILES string of the molecule is COc1ccc(NC(=O)[C@@H]2CCCCc3n[nH]c(=O)n32)cc1Cl. The van der Waals surface area contributed by atoms with Crippen LogP contribution in [0.1, 0.15) is 31.1 Å². The molecule has 2 N–H and O–H groups in total. The minimum atomic E-state index is -0.570. The van der Waals surface area contributed by atoms with E-state index in [1.807, 2.05) is 0 Å². The third-order valence-electron chi connectivity index (χ3n) is 3.94. The van der Waals surface area contributed by atoms with Crippen LogP contribution in [0.3, 0.4) is 0 Å². The summed E-state index contributed by atoms with van der Waals surface area (Å²) in [5.41, 5.74) is 0.206. The van der Waals surface area contributed by atoms with Crippen molar-refractivity contribution >= 4 is 23.2 Å². The topological polar surface area (TPSA) is 89.0 Å². The summed E-state index contributed by atoms with van der Waals surface area (Å²) in [4.78, 5) is 24.6. The van der Waals surface area contributed by atoms with Gasteiger partial charge in [-0.25, -0.2) is 9.89 Å². The number of aryl methyl sites for hydroxylation is 1. The van der Waals surface area contributed by atoms with Crippen molar-refractivity contribution in [2.75, 3.05) is 12.4 Å². The van der Waals surface area contributed by atoms with Crippen LogP contribution in [0.15, 0.2) is 23.0 Å². The van der Waals surface area contributed by atoms with Crippen molar-refractivity contribution in [3.05, 3.63) is 39.5 Å². The highest BCUT2D eigenvalue weighted by Crippen LogP contribution is 2.28. The number of amides is 1. The smallest absolute Gasteiger partial charge is 0.344 e. The van der Waals surface area contributed by atoms with Gasteiger partial charge in [-0.05, 0) is 31.0 Å². The van der Waals surface area contributed by atoms with Crippen molar-refractivity contribution in [1.29, 1.82) is 0 Å². The summed E-state index contributed by atoms with van der Waals surface area (Å²) in [6.07, 6.45) is 3.06. The second-order valence-electron chi connectivity index (χ2n) is 5.42. The standard InChI is InChI=1S/C15H17ClN4O3/c1-23-12-7-6-9(8-10(12)16)17-14(21)11-4-2-3-5-13-18-19-15(22)20(11)13/h6-8,11H,2-5H2,1H3,(H,17,21)(H,19,22)/t11-/m0/s1. The third-order valence-corrected chi connectivity index (χ3v) is 4.23. The van der Waals surface area contributed by atoms with Gasteiger partial charge < -0.3 is 10.1 Å². The number of nitrogens with zero attached hydrogens (tertiary/aromatic N) is 2. The molecule has 1 atom stereocenters. The van der Waals surface area contributed by atoms with Crippen LogP contribution in [0, 0.1) is 0 Å². The van der Waals surface area contributed by atoms with E-state index in [1.54, 1.807) is 18.2 Å². The Hall–Kier alpha value is -2.28. The second kappa shape index (κ2) is 6.45. The fourth-order valence-corrected chi connectivity index (χ4v) is 3.06. The lowest BCUT2D eigenvalue weighted by atomic mass is 10.1. The van der Waals surface area contributed by atoms with Gasteiger partial charge in [0.2, 0.25) is 5.91 Å². The summed E-state index contributed by atoms with van der Waals surface area (Å²) in [5, 5.41) is 9.64. The third kappa shape index (κ3) is 3.10. The molecule has 1 aromatic heterocycles. The van der Waals surface area contributed by atoms with Crippen molar-refractivity contribution in [3.8, 4) is 5.75 Å². The molecule has 122 valence electrons. The van der Waals surface area contributed by atoms with Crippen LogP contribution in [0.25, 0.3) is 0 Å². The number of nitrogens with one attached hydrogen (secondary N) is 2. The van der Waals surface area contributed by atoms with Crippen molar-refractivity contribution in [1.82, 2.24) is 14.8 Å². The molecule has 0 unspecified atom stereocenters. The van der Waals surface area contributed by atoms with E-state index in [2.05, 4.69) is 15.5 Å². The molecule has 7 nitrogen and oxygen atoms in total. The lowest BCUT2D eigenvalue weighted by Crippen LogP contribution is -2.32. The van der Waals surface area contributed by atoms with Gasteiger partial charge >= 0.3 is 5.69 Å². The maximum absolute atomic E-state index is 12.6. The molecule has 3 rings (SSSR count). The van der Waals surface area contributed by atoms with Gasteiger partial charge in [-0.2, -0.15) is 5.10 Å². The number of H-pyrrole nitrogens is 1. The molecule has 1 aromatic carbocycles. The maximum atomic E-state index is 12.6. The summed E-state index contributed by atoms with van der Waals surface area (Å²) in [6, 6.07) is 4.44. The molecular weight excluding hydrogens is 320 g/mol. The van der Waals surface area contributed by atoms with Gasteiger partial charge in [0.05, 0.1) is 12.1 Å². The fourth-order valence-electron chi connectivity index (χ4n) is 2.80. The minimum absolute atomic E-state index is 0.252. The van der Waals surface area contributed by atoms with Gasteiger partial charge in [0.15, 0.2) is 0 Å². The molecule has 8 heteroatoms. The summed E-state index contributed by atoms with van der Waals surface area (Å²) < 4.78 is 6.54. The van der Waals surface area contributed by atoms with Crippen LogP contribution in [-0.4, -0.2) is 27.8 Å². The van der Waals surface area contributed by atoms with Crippen LogP contribution in [0.5, 0.6) is 5.75 Å². The Kier molecular flexibility index (Phi) is 4.38. The van der Waals surface area contributed by atoms with Crippen LogP contribution in [-0.2, 0) is 11.2 Å². The number of aromatic nitrogens is 3. The Balaban J connectivity index is 1.84. The number of hydrogen-bond donors (Lipinski definition) is 2. The maximum Gasteiger partial charge on any atom is 0.344 e. The number of hydrogen-bond acceptors (Lipinski definition) is 4. The van der Waals surface area contributed by atoms with Crippen molar-refractivity contribution in [2.45, 2.75) is 31.7 Å². The average Bonchev–Trinajstić information content (AvgIpc) is 2.77. The quantitative estimate of drug-likeness (QED) is 0.898. The van der Waals surface area contributed by atoms with E-state index in [-0.39, 0.29) is 11.6 Å². The Labute approximate surface area is 137 Å². The van der Waals surface area contributed by atoms with Gasteiger partial charge in [-0.1, -0.05) is 18.0 Å². The fraction of sp³-hybridized carbons (Fsp3) is 0.400. The van der Waals surface area contributed by atoms with E-state index >= 15 is 0 Å². The number of fused-ring (bicyclic) bond motifs is 1. The molecule has 23 heavy (non-hydrogen) atoms. The zero-order valence-electron chi connectivity index (χ0n) is 12.6. The van der Waals surface area contributed by atoms with Gasteiger partial charge in [-0.3, -0.25) is 9.36 Å². The number of anilines is 1. The normalized spacial score (nSPS) is 17.2. The molecule has 0 aliphatic carbocycles. The van der Waals surface area contributed by atoms with E-state index in [9.17, 15) is 9.59 Å². The first-order valence-corrected chi connectivity index (χ1v) is 7.78. The largest absolute Gasteiger partial charge is 0.495 e. The predicted octanol–water partition coefficient (Wildman–Crippen LogP) is 2.14. The summed E-state index contributed by atoms with van der Waals surface area (Å²) in [7, 11) is 1.53. The number of ether oxygens (including phenoxy) is 1. The van der Waals surface area contributed by atoms with Gasteiger partial charge in [-0.15, -0.1) is 0 Å². The molecule has 2 heterocycles. The molecular formula is C15H17ClN4O3. The van der Waals surface area contributed by atoms with Crippen LogP contribution < -0.4 is 15.7 Å². The number of methoxy groups -OCH3 is 1. The first-order chi connectivity index (χ1) is 11.1. The molecule has 1 amide bonds. The van der Waals surface area contributed by atoms with Gasteiger partial charge in [0, 0.05) is 12.1 Å². The number of carbonyl (C=O) groups is 1. The van der Waals surface area contributed by atoms with Crippen molar-refractivity contribution in [3.63, 3.8) is 0 Å². The first-order valence-electron chi connectivity index (χ1n) is 7.40. The van der Waals surface area contributed by atoms with E-state index in [0.717, 1.165) is 12.8 Å². The van der Waals surface area contributed by atoms with E-state index in [1.165, 1.54) is 11.7 Å². The predicted molar refractivity (Wildman–Crippen MR) is 86.1 cm³/mol. The van der Waals surface area contributed by atoms with E-state index in [4.69, 9.17) is 16.3 Å². The van der Waals surface area contributed by atoms with Crippen molar-refractivity contribution in [2.24, 2.45) is 0 Å². The average molecular weight is 337 g/mol. The number of benzene rings is 1. The highest BCUT2D eigenvalue weighted by Gasteiger charge is 2.27. The highest BCUT2D eigenvalue weighted by molar-refractivity contribution is 6.32. The number of carbonyl (C=O) groups excluding carboxylic acids is 1. The Bertz CT molecular complexity index is 783. The lowest BCUT2D eigenvalue weighted by molar-refractivity contribution is -0.119. The van der Waals surface area contributed by atoms with Gasteiger partial charge in [0.1, 0.15) is 17.6 Å². The molecule has 2 aromatic rings. The Morgan fingerprint density at radius 2 is 2.30 bits per heavy atom.